The van der Waals surface area contributed by atoms with Crippen molar-refractivity contribution in [1.82, 2.24) is 0 Å². The number of furan rings is 1. The number of para-hydroxylation sites is 2. The van der Waals surface area contributed by atoms with Gasteiger partial charge in [-0.1, -0.05) is 99.6 Å². The molecular formula is C50H39NO. The van der Waals surface area contributed by atoms with E-state index >= 15 is 0 Å². The monoisotopic (exact) mass is 669 g/mol. The Morgan fingerprint density at radius 1 is 0.462 bits per heavy atom. The van der Waals surface area contributed by atoms with E-state index in [1.807, 2.05) is 6.07 Å². The van der Waals surface area contributed by atoms with E-state index in [4.69, 9.17) is 4.42 Å². The zero-order valence-electron chi connectivity index (χ0n) is 30.2. The first kappa shape index (κ1) is 30.7. The molecule has 8 aromatic carbocycles. The van der Waals surface area contributed by atoms with Crippen molar-refractivity contribution in [3.63, 3.8) is 0 Å². The predicted molar refractivity (Wildman–Crippen MR) is 221 cm³/mol. The number of hydrogen-bond donors (Lipinski definition) is 0. The number of fused-ring (bicyclic) bond motifs is 9. The summed E-state index contributed by atoms with van der Waals surface area (Å²) in [4.78, 5) is 2.36. The van der Waals surface area contributed by atoms with E-state index in [1.54, 1.807) is 0 Å². The molecule has 0 bridgehead atoms. The molecule has 0 amide bonds. The maximum atomic E-state index is 6.58. The Balaban J connectivity index is 1.07. The predicted octanol–water partition coefficient (Wildman–Crippen LogP) is 14.6. The van der Waals surface area contributed by atoms with E-state index in [0.717, 1.165) is 39.0 Å². The maximum Gasteiger partial charge on any atom is 0.159 e. The molecule has 9 aromatic rings. The van der Waals surface area contributed by atoms with Gasteiger partial charge in [-0.2, -0.15) is 0 Å². The van der Waals surface area contributed by atoms with Crippen molar-refractivity contribution < 1.29 is 4.42 Å². The molecule has 0 N–H and O–H groups in total. The second kappa shape index (κ2) is 11.2. The Hall–Kier alpha value is -6.12. The summed E-state index contributed by atoms with van der Waals surface area (Å²) in [6, 6.07) is 53.9. The number of nitrogens with zero attached hydrogens (tertiary/aromatic N) is 1. The minimum absolute atomic E-state index is 0.146. The van der Waals surface area contributed by atoms with Crippen molar-refractivity contribution in [3.05, 3.63) is 162 Å². The summed E-state index contributed by atoms with van der Waals surface area (Å²) in [6.07, 6.45) is 0. The molecule has 0 spiro atoms. The molecule has 1 aliphatic carbocycles. The molecule has 0 saturated carbocycles. The highest BCUT2D eigenvalue weighted by atomic mass is 16.3. The van der Waals surface area contributed by atoms with Crippen LogP contribution in [-0.4, -0.2) is 0 Å². The van der Waals surface area contributed by atoms with Crippen molar-refractivity contribution in [1.29, 1.82) is 0 Å². The van der Waals surface area contributed by atoms with Crippen LogP contribution in [0.25, 0.3) is 76.9 Å². The lowest BCUT2D eigenvalue weighted by Crippen LogP contribution is -2.11. The maximum absolute atomic E-state index is 6.58. The SMILES string of the molecule is Cc1cc(C)cc(N(c2ccc3cc4c(cc3c2)-c2cc3ccc(-c5ccc(C(C)(C)C)cc5)cc3cc2-4)c2cccc3c2oc2ccccc23)c1. The fourth-order valence-electron chi connectivity index (χ4n) is 8.31. The van der Waals surface area contributed by atoms with Crippen LogP contribution in [0.2, 0.25) is 0 Å². The van der Waals surface area contributed by atoms with Gasteiger partial charge in [0.05, 0.1) is 5.69 Å². The molecule has 1 aromatic heterocycles. The first-order valence-electron chi connectivity index (χ1n) is 18.2. The van der Waals surface area contributed by atoms with Crippen LogP contribution in [0.15, 0.2) is 150 Å². The summed E-state index contributed by atoms with van der Waals surface area (Å²) in [5, 5.41) is 7.27. The largest absolute Gasteiger partial charge is 0.454 e. The topological polar surface area (TPSA) is 16.4 Å². The lowest BCUT2D eigenvalue weighted by molar-refractivity contribution is 0.590. The van der Waals surface area contributed by atoms with E-state index in [9.17, 15) is 0 Å². The molecule has 0 aliphatic heterocycles. The Bertz CT molecular complexity index is 2880. The smallest absolute Gasteiger partial charge is 0.159 e. The van der Waals surface area contributed by atoms with Gasteiger partial charge in [0.2, 0.25) is 0 Å². The summed E-state index contributed by atoms with van der Waals surface area (Å²) in [7, 11) is 0. The van der Waals surface area contributed by atoms with Gasteiger partial charge < -0.3 is 9.32 Å². The third-order valence-electron chi connectivity index (χ3n) is 10.9. The average Bonchev–Trinajstić information content (AvgIpc) is 3.52. The van der Waals surface area contributed by atoms with Crippen molar-refractivity contribution in [3.8, 4) is 33.4 Å². The van der Waals surface area contributed by atoms with Gasteiger partial charge >= 0.3 is 0 Å². The Kier molecular flexibility index (Phi) is 6.60. The highest BCUT2D eigenvalue weighted by Gasteiger charge is 2.25. The van der Waals surface area contributed by atoms with E-state index in [0.29, 0.717) is 0 Å². The van der Waals surface area contributed by atoms with E-state index < -0.39 is 0 Å². The van der Waals surface area contributed by atoms with Crippen molar-refractivity contribution in [2.45, 2.75) is 40.0 Å². The van der Waals surface area contributed by atoms with Crippen LogP contribution in [0.5, 0.6) is 0 Å². The third kappa shape index (κ3) is 4.86. The summed E-state index contributed by atoms with van der Waals surface area (Å²) in [5.74, 6) is 0. The molecule has 2 heteroatoms. The summed E-state index contributed by atoms with van der Waals surface area (Å²) in [6.45, 7) is 11.1. The minimum Gasteiger partial charge on any atom is -0.454 e. The molecule has 10 rings (SSSR count). The number of rotatable bonds is 4. The summed E-state index contributed by atoms with van der Waals surface area (Å²) in [5.41, 5.74) is 16.8. The van der Waals surface area contributed by atoms with Gasteiger partial charge in [0.25, 0.3) is 0 Å². The van der Waals surface area contributed by atoms with Crippen LogP contribution in [0.1, 0.15) is 37.5 Å². The van der Waals surface area contributed by atoms with Gasteiger partial charge in [-0.15, -0.1) is 0 Å². The van der Waals surface area contributed by atoms with Crippen molar-refractivity contribution >= 4 is 60.5 Å². The van der Waals surface area contributed by atoms with Gasteiger partial charge in [0.15, 0.2) is 5.58 Å². The summed E-state index contributed by atoms with van der Waals surface area (Å²) < 4.78 is 6.58. The average molecular weight is 670 g/mol. The van der Waals surface area contributed by atoms with Crippen LogP contribution < -0.4 is 4.90 Å². The second-order valence-electron chi connectivity index (χ2n) is 15.6. The molecular weight excluding hydrogens is 631 g/mol. The van der Waals surface area contributed by atoms with Gasteiger partial charge in [-0.25, -0.2) is 0 Å². The zero-order chi connectivity index (χ0) is 35.3. The van der Waals surface area contributed by atoms with Crippen molar-refractivity contribution in [2.75, 3.05) is 4.90 Å². The highest BCUT2D eigenvalue weighted by Crippen LogP contribution is 2.51. The lowest BCUT2D eigenvalue weighted by Gasteiger charge is -2.28. The van der Waals surface area contributed by atoms with Gasteiger partial charge in [0.1, 0.15) is 5.58 Å². The van der Waals surface area contributed by atoms with Crippen LogP contribution in [-0.2, 0) is 5.41 Å². The van der Waals surface area contributed by atoms with Crippen LogP contribution >= 0.6 is 0 Å². The molecule has 250 valence electrons. The molecule has 0 unspecified atom stereocenters. The number of hydrogen-bond acceptors (Lipinski definition) is 2. The zero-order valence-corrected chi connectivity index (χ0v) is 30.2. The fourth-order valence-corrected chi connectivity index (χ4v) is 8.31. The summed E-state index contributed by atoms with van der Waals surface area (Å²) >= 11 is 0. The lowest BCUT2D eigenvalue weighted by atomic mass is 9.77. The first-order valence-corrected chi connectivity index (χ1v) is 18.2. The van der Waals surface area contributed by atoms with E-state index in [1.165, 1.54) is 71.6 Å². The number of anilines is 3. The van der Waals surface area contributed by atoms with Crippen LogP contribution in [0.3, 0.4) is 0 Å². The van der Waals surface area contributed by atoms with E-state index in [-0.39, 0.29) is 5.41 Å². The molecule has 1 aliphatic rings. The molecule has 0 atom stereocenters. The number of benzene rings is 8. The fraction of sp³-hybridized carbons (Fsp3) is 0.120. The minimum atomic E-state index is 0.146. The van der Waals surface area contributed by atoms with Crippen LogP contribution in [0.4, 0.5) is 17.1 Å². The van der Waals surface area contributed by atoms with Crippen LogP contribution in [0, 0.1) is 13.8 Å². The standard InChI is InChI=1S/C50H39NO/c1-30-21-31(2)23-40(22-30)51(47-11-8-10-42-41-9-6-7-12-48(41)52-49(42)47)39-20-17-35-27-44-45-28-36-24-33(32-15-18-38(19-16-32)50(3,4)5)13-14-34(36)26-43(45)46(44)29-37(35)25-39/h6-29H,1-5H3. The molecule has 0 fully saturated rings. The molecule has 52 heavy (non-hydrogen) atoms. The quantitative estimate of drug-likeness (QED) is 0.185. The number of aryl methyl sites for hydroxylation is 2. The van der Waals surface area contributed by atoms with Gasteiger partial charge in [0, 0.05) is 22.1 Å². The highest BCUT2D eigenvalue weighted by molar-refractivity contribution is 6.13. The molecule has 2 nitrogen and oxygen atoms in total. The van der Waals surface area contributed by atoms with Gasteiger partial charge in [-0.05, 0) is 158 Å². The Morgan fingerprint density at radius 2 is 1.06 bits per heavy atom. The first-order chi connectivity index (χ1) is 25.2. The Labute approximate surface area is 304 Å². The molecule has 0 saturated heterocycles. The normalized spacial score (nSPS) is 12.3. The Morgan fingerprint density at radius 3 is 1.75 bits per heavy atom. The third-order valence-corrected chi connectivity index (χ3v) is 10.9. The molecule has 0 radical (unpaired) electrons. The molecule has 1 heterocycles. The second-order valence-corrected chi connectivity index (χ2v) is 15.6. The van der Waals surface area contributed by atoms with Gasteiger partial charge in [-0.3, -0.25) is 0 Å². The van der Waals surface area contributed by atoms with E-state index in [2.05, 4.69) is 179 Å². The van der Waals surface area contributed by atoms with Crippen molar-refractivity contribution in [2.24, 2.45) is 0 Å².